The summed E-state index contributed by atoms with van der Waals surface area (Å²) in [6, 6.07) is 13.7. The van der Waals surface area contributed by atoms with Crippen LogP contribution in [0.4, 0.5) is 18.0 Å². The molecular weight excluding hydrogens is 373 g/mol. The minimum absolute atomic E-state index is 0.0738. The van der Waals surface area contributed by atoms with Crippen molar-refractivity contribution in [2.45, 2.75) is 18.8 Å². The number of carbonyl (C=O) groups excluding carboxylic acids is 2. The second-order valence-electron chi connectivity index (χ2n) is 6.36. The Bertz CT molecular complexity index is 895. The SMILES string of the molecule is CC1(c2ccc(OC(F)(F)F)cc2)NC(=O)N(C/C=C/c2ccccc2)C1=O. The molecule has 0 radical (unpaired) electrons. The van der Waals surface area contributed by atoms with Crippen LogP contribution in [-0.4, -0.2) is 29.7 Å². The van der Waals surface area contributed by atoms with Gasteiger partial charge in [0.05, 0.1) is 0 Å². The number of alkyl halides is 3. The molecule has 1 aliphatic heterocycles. The maximum Gasteiger partial charge on any atom is 0.573 e. The van der Waals surface area contributed by atoms with Crippen LogP contribution in [0.1, 0.15) is 18.1 Å². The first kappa shape index (κ1) is 19.5. The molecule has 3 amide bonds. The van der Waals surface area contributed by atoms with Crippen LogP contribution < -0.4 is 10.1 Å². The second kappa shape index (κ2) is 7.38. The molecule has 1 unspecified atom stereocenters. The smallest absolute Gasteiger partial charge is 0.406 e. The number of nitrogens with zero attached hydrogens (tertiary/aromatic N) is 1. The van der Waals surface area contributed by atoms with Crippen molar-refractivity contribution in [3.8, 4) is 5.75 Å². The molecular formula is C20H17F3N2O3. The highest BCUT2D eigenvalue weighted by atomic mass is 19.4. The molecule has 2 aromatic rings. The molecule has 0 aromatic heterocycles. The van der Waals surface area contributed by atoms with Crippen molar-refractivity contribution in [3.05, 3.63) is 71.8 Å². The molecule has 1 saturated heterocycles. The van der Waals surface area contributed by atoms with Crippen molar-refractivity contribution in [1.29, 1.82) is 0 Å². The molecule has 1 heterocycles. The molecule has 5 nitrogen and oxygen atoms in total. The molecule has 28 heavy (non-hydrogen) atoms. The Morgan fingerprint density at radius 2 is 1.71 bits per heavy atom. The molecule has 0 saturated carbocycles. The summed E-state index contributed by atoms with van der Waals surface area (Å²) < 4.78 is 40.7. The fourth-order valence-corrected chi connectivity index (χ4v) is 2.91. The van der Waals surface area contributed by atoms with Crippen molar-refractivity contribution in [1.82, 2.24) is 10.2 Å². The number of hydrogen-bond donors (Lipinski definition) is 1. The van der Waals surface area contributed by atoms with Gasteiger partial charge in [0.15, 0.2) is 0 Å². The van der Waals surface area contributed by atoms with Crippen molar-refractivity contribution >= 4 is 18.0 Å². The highest BCUT2D eigenvalue weighted by Crippen LogP contribution is 2.31. The lowest BCUT2D eigenvalue weighted by Crippen LogP contribution is -2.40. The highest BCUT2D eigenvalue weighted by Gasteiger charge is 2.48. The van der Waals surface area contributed by atoms with E-state index in [9.17, 15) is 22.8 Å². The Hall–Kier alpha value is -3.29. The Morgan fingerprint density at radius 1 is 1.07 bits per heavy atom. The molecule has 0 spiro atoms. The average Bonchev–Trinajstić information content (AvgIpc) is 2.86. The predicted molar refractivity (Wildman–Crippen MR) is 96.2 cm³/mol. The van der Waals surface area contributed by atoms with E-state index in [4.69, 9.17) is 0 Å². The lowest BCUT2D eigenvalue weighted by molar-refractivity contribution is -0.274. The fraction of sp³-hybridized carbons (Fsp3) is 0.200. The molecule has 1 N–H and O–H groups in total. The Balaban J connectivity index is 1.73. The number of ether oxygens (including phenoxy) is 1. The number of urea groups is 1. The number of carbonyl (C=O) groups is 2. The lowest BCUT2D eigenvalue weighted by Gasteiger charge is -2.22. The topological polar surface area (TPSA) is 58.6 Å². The minimum atomic E-state index is -4.80. The zero-order valence-corrected chi connectivity index (χ0v) is 14.9. The van der Waals surface area contributed by atoms with Gasteiger partial charge in [0, 0.05) is 6.54 Å². The zero-order valence-electron chi connectivity index (χ0n) is 14.9. The first-order valence-corrected chi connectivity index (χ1v) is 8.41. The minimum Gasteiger partial charge on any atom is -0.406 e. The van der Waals surface area contributed by atoms with Gasteiger partial charge in [-0.1, -0.05) is 54.6 Å². The van der Waals surface area contributed by atoms with E-state index in [1.807, 2.05) is 30.3 Å². The van der Waals surface area contributed by atoms with Crippen LogP contribution in [-0.2, 0) is 10.3 Å². The molecule has 1 fully saturated rings. The number of benzene rings is 2. The highest BCUT2D eigenvalue weighted by molar-refractivity contribution is 6.07. The summed E-state index contributed by atoms with van der Waals surface area (Å²) in [6.07, 6.45) is -1.32. The molecule has 0 bridgehead atoms. The van der Waals surface area contributed by atoms with Crippen LogP contribution in [0.15, 0.2) is 60.7 Å². The molecule has 1 aliphatic rings. The quantitative estimate of drug-likeness (QED) is 0.784. The largest absolute Gasteiger partial charge is 0.573 e. The average molecular weight is 390 g/mol. The van der Waals surface area contributed by atoms with Gasteiger partial charge in [0.1, 0.15) is 11.3 Å². The number of hydrogen-bond acceptors (Lipinski definition) is 3. The van der Waals surface area contributed by atoms with Crippen LogP contribution in [0.25, 0.3) is 6.08 Å². The molecule has 8 heteroatoms. The summed E-state index contributed by atoms with van der Waals surface area (Å²) in [5.41, 5.74) is -0.0819. The normalized spacial score (nSPS) is 19.9. The Morgan fingerprint density at radius 3 is 2.32 bits per heavy atom. The van der Waals surface area contributed by atoms with E-state index >= 15 is 0 Å². The Kier molecular flexibility index (Phi) is 5.13. The van der Waals surface area contributed by atoms with Gasteiger partial charge in [0.25, 0.3) is 5.91 Å². The first-order chi connectivity index (χ1) is 13.2. The predicted octanol–water partition coefficient (Wildman–Crippen LogP) is 4.07. The van der Waals surface area contributed by atoms with E-state index in [1.54, 1.807) is 12.2 Å². The van der Waals surface area contributed by atoms with E-state index in [2.05, 4.69) is 10.1 Å². The zero-order chi connectivity index (χ0) is 20.4. The van der Waals surface area contributed by atoms with E-state index in [0.29, 0.717) is 5.56 Å². The second-order valence-corrected chi connectivity index (χ2v) is 6.36. The first-order valence-electron chi connectivity index (χ1n) is 8.41. The number of halogens is 3. The molecule has 2 aromatic carbocycles. The summed E-state index contributed by atoms with van der Waals surface area (Å²) >= 11 is 0. The molecule has 0 aliphatic carbocycles. The van der Waals surface area contributed by atoms with Crippen LogP contribution in [0.5, 0.6) is 5.75 Å². The van der Waals surface area contributed by atoms with Gasteiger partial charge < -0.3 is 10.1 Å². The van der Waals surface area contributed by atoms with Gasteiger partial charge in [-0.2, -0.15) is 0 Å². The fourth-order valence-electron chi connectivity index (χ4n) is 2.91. The number of imide groups is 1. The lowest BCUT2D eigenvalue weighted by atomic mass is 9.92. The standard InChI is InChI=1S/C20H17F3N2O3/c1-19(15-9-11-16(12-10-15)28-20(21,22)23)17(26)25(18(27)24-19)13-5-8-14-6-3-2-4-7-14/h2-12H,13H2,1H3,(H,24,27)/b8-5+. The number of rotatable bonds is 5. The van der Waals surface area contributed by atoms with Crippen LogP contribution >= 0.6 is 0 Å². The van der Waals surface area contributed by atoms with Crippen LogP contribution in [0, 0.1) is 0 Å². The van der Waals surface area contributed by atoms with Crippen LogP contribution in [0.2, 0.25) is 0 Å². The Labute approximate surface area is 159 Å². The van der Waals surface area contributed by atoms with Gasteiger partial charge in [-0.15, -0.1) is 13.2 Å². The van der Waals surface area contributed by atoms with E-state index in [0.717, 1.165) is 22.6 Å². The van der Waals surface area contributed by atoms with Crippen molar-refractivity contribution in [2.24, 2.45) is 0 Å². The van der Waals surface area contributed by atoms with E-state index in [-0.39, 0.29) is 6.54 Å². The summed E-state index contributed by atoms with van der Waals surface area (Å²) in [6.45, 7) is 1.58. The maximum absolute atomic E-state index is 12.8. The van der Waals surface area contributed by atoms with Gasteiger partial charge in [-0.05, 0) is 30.2 Å². The molecule has 1 atom stereocenters. The number of amides is 3. The van der Waals surface area contributed by atoms with Crippen molar-refractivity contribution in [2.75, 3.05) is 6.54 Å². The third kappa shape index (κ3) is 4.16. The maximum atomic E-state index is 12.8. The third-order valence-corrected chi connectivity index (χ3v) is 4.34. The third-order valence-electron chi connectivity index (χ3n) is 4.34. The van der Waals surface area contributed by atoms with Gasteiger partial charge in [0.2, 0.25) is 0 Å². The van der Waals surface area contributed by atoms with Crippen LogP contribution in [0.3, 0.4) is 0 Å². The monoisotopic (exact) mass is 390 g/mol. The summed E-state index contributed by atoms with van der Waals surface area (Å²) in [4.78, 5) is 26.1. The van der Waals surface area contributed by atoms with Crippen molar-refractivity contribution in [3.63, 3.8) is 0 Å². The molecule has 3 rings (SSSR count). The van der Waals surface area contributed by atoms with Gasteiger partial charge in [-0.25, -0.2) is 4.79 Å². The van der Waals surface area contributed by atoms with Gasteiger partial charge in [-0.3, -0.25) is 9.69 Å². The molecule has 146 valence electrons. The summed E-state index contributed by atoms with van der Waals surface area (Å²) in [5, 5.41) is 2.60. The van der Waals surface area contributed by atoms with E-state index < -0.39 is 29.6 Å². The summed E-state index contributed by atoms with van der Waals surface area (Å²) in [5.74, 6) is -0.890. The summed E-state index contributed by atoms with van der Waals surface area (Å²) in [7, 11) is 0. The van der Waals surface area contributed by atoms with E-state index in [1.165, 1.54) is 19.1 Å². The van der Waals surface area contributed by atoms with Gasteiger partial charge >= 0.3 is 12.4 Å². The number of nitrogens with one attached hydrogen (secondary N) is 1. The van der Waals surface area contributed by atoms with Crippen molar-refractivity contribution < 1.29 is 27.5 Å².